The maximum Gasteiger partial charge on any atom is 0.335 e. The highest BCUT2D eigenvalue weighted by Crippen LogP contribution is 2.26. The van der Waals surface area contributed by atoms with Gasteiger partial charge >= 0.3 is 6.03 Å². The Kier molecular flexibility index (Phi) is 4.08. The number of fused-ring (bicyclic) bond motifs is 1. The van der Waals surface area contributed by atoms with Crippen LogP contribution in [0.2, 0.25) is 0 Å². The lowest BCUT2D eigenvalue weighted by atomic mass is 10.1. The van der Waals surface area contributed by atoms with Crippen molar-refractivity contribution in [3.63, 3.8) is 0 Å². The van der Waals surface area contributed by atoms with E-state index in [4.69, 9.17) is 0 Å². The van der Waals surface area contributed by atoms with Crippen molar-refractivity contribution in [3.8, 4) is 0 Å². The summed E-state index contributed by atoms with van der Waals surface area (Å²) in [4.78, 5) is 38.5. The molecule has 0 aliphatic carbocycles. The Bertz CT molecular complexity index is 1100. The summed E-state index contributed by atoms with van der Waals surface area (Å²) in [5, 5.41) is 3.19. The number of imide groups is 2. The Balaban J connectivity index is 1.82. The molecule has 6 nitrogen and oxygen atoms in total. The van der Waals surface area contributed by atoms with Gasteiger partial charge in [0.2, 0.25) is 0 Å². The number of rotatable bonds is 3. The molecule has 1 N–H and O–H groups in total. The number of nitrogens with one attached hydrogen (secondary N) is 1. The molecule has 0 radical (unpaired) electrons. The summed E-state index contributed by atoms with van der Waals surface area (Å²) >= 11 is 0. The van der Waals surface area contributed by atoms with Crippen LogP contribution in [-0.2, 0) is 16.1 Å². The number of para-hydroxylation sites is 2. The molecule has 0 saturated carbocycles. The van der Waals surface area contributed by atoms with Crippen molar-refractivity contribution in [3.05, 3.63) is 71.9 Å². The molecule has 4 amide bonds. The maximum atomic E-state index is 12.9. The molecule has 134 valence electrons. The highest BCUT2D eigenvalue weighted by molar-refractivity contribution is 6.39. The molecule has 1 aliphatic heterocycles. The molecule has 2 aromatic carbocycles. The van der Waals surface area contributed by atoms with Gasteiger partial charge in [0.1, 0.15) is 5.57 Å². The number of hydrogen-bond donors (Lipinski definition) is 1. The molecule has 1 aromatic heterocycles. The summed E-state index contributed by atoms with van der Waals surface area (Å²) in [5.74, 6) is -1.33. The fourth-order valence-corrected chi connectivity index (χ4v) is 3.28. The van der Waals surface area contributed by atoms with Crippen LogP contribution in [0.5, 0.6) is 0 Å². The van der Waals surface area contributed by atoms with Crippen molar-refractivity contribution in [2.75, 3.05) is 4.90 Å². The van der Waals surface area contributed by atoms with E-state index in [2.05, 4.69) is 5.32 Å². The number of urea groups is 1. The zero-order valence-corrected chi connectivity index (χ0v) is 14.7. The van der Waals surface area contributed by atoms with Gasteiger partial charge in [-0.2, -0.15) is 0 Å². The van der Waals surface area contributed by atoms with Gasteiger partial charge in [0, 0.05) is 29.2 Å². The van der Waals surface area contributed by atoms with Gasteiger partial charge in [0.05, 0.1) is 5.69 Å². The van der Waals surface area contributed by atoms with Gasteiger partial charge in [-0.3, -0.25) is 14.9 Å². The van der Waals surface area contributed by atoms with E-state index in [1.807, 2.05) is 42.0 Å². The zero-order valence-electron chi connectivity index (χ0n) is 14.7. The van der Waals surface area contributed by atoms with Gasteiger partial charge in [-0.15, -0.1) is 0 Å². The quantitative estimate of drug-likeness (QED) is 0.576. The number of carbonyl (C=O) groups is 3. The first kappa shape index (κ1) is 16.8. The molecule has 1 aliphatic rings. The Labute approximate surface area is 155 Å². The number of hydrogen-bond acceptors (Lipinski definition) is 3. The topological polar surface area (TPSA) is 71.4 Å². The van der Waals surface area contributed by atoms with Gasteiger partial charge in [0.25, 0.3) is 11.8 Å². The van der Waals surface area contributed by atoms with E-state index in [1.165, 1.54) is 0 Å². The molecule has 0 atom stereocenters. The highest BCUT2D eigenvalue weighted by atomic mass is 16.2. The van der Waals surface area contributed by atoms with E-state index in [1.54, 1.807) is 36.4 Å². The lowest BCUT2D eigenvalue weighted by Crippen LogP contribution is -2.54. The molecule has 4 rings (SSSR count). The first-order valence-electron chi connectivity index (χ1n) is 8.64. The number of amides is 4. The van der Waals surface area contributed by atoms with Crippen LogP contribution in [0.4, 0.5) is 10.5 Å². The van der Waals surface area contributed by atoms with E-state index in [-0.39, 0.29) is 5.57 Å². The second-order valence-electron chi connectivity index (χ2n) is 6.18. The molecular weight excluding hydrogens is 342 g/mol. The Morgan fingerprint density at radius 3 is 2.41 bits per heavy atom. The molecule has 6 heteroatoms. The highest BCUT2D eigenvalue weighted by Gasteiger charge is 2.36. The minimum Gasteiger partial charge on any atom is -0.347 e. The van der Waals surface area contributed by atoms with Crippen LogP contribution in [0, 0.1) is 0 Å². The van der Waals surface area contributed by atoms with Crippen molar-refractivity contribution in [2.45, 2.75) is 13.5 Å². The smallest absolute Gasteiger partial charge is 0.335 e. The van der Waals surface area contributed by atoms with Gasteiger partial charge in [0.15, 0.2) is 0 Å². The summed E-state index contributed by atoms with van der Waals surface area (Å²) in [6.07, 6.45) is 3.45. The summed E-state index contributed by atoms with van der Waals surface area (Å²) in [5.41, 5.74) is 2.12. The summed E-state index contributed by atoms with van der Waals surface area (Å²) in [6.45, 7) is 2.79. The largest absolute Gasteiger partial charge is 0.347 e. The zero-order chi connectivity index (χ0) is 19.0. The normalized spacial score (nSPS) is 16.3. The van der Waals surface area contributed by atoms with E-state index in [0.29, 0.717) is 5.69 Å². The van der Waals surface area contributed by atoms with Crippen LogP contribution in [0.15, 0.2) is 66.4 Å². The van der Waals surface area contributed by atoms with Crippen LogP contribution in [0.1, 0.15) is 12.5 Å². The van der Waals surface area contributed by atoms with E-state index >= 15 is 0 Å². The van der Waals surface area contributed by atoms with Crippen molar-refractivity contribution in [1.29, 1.82) is 0 Å². The van der Waals surface area contributed by atoms with Crippen molar-refractivity contribution < 1.29 is 14.4 Å². The van der Waals surface area contributed by atoms with Crippen molar-refractivity contribution in [1.82, 2.24) is 9.88 Å². The number of barbiturate groups is 1. The summed E-state index contributed by atoms with van der Waals surface area (Å²) in [7, 11) is 0. The Morgan fingerprint density at radius 1 is 0.963 bits per heavy atom. The van der Waals surface area contributed by atoms with Gasteiger partial charge in [-0.05, 0) is 31.2 Å². The fourth-order valence-electron chi connectivity index (χ4n) is 3.28. The number of nitrogens with zero attached hydrogens (tertiary/aromatic N) is 2. The third-order valence-corrected chi connectivity index (χ3v) is 4.58. The molecule has 1 saturated heterocycles. The van der Waals surface area contributed by atoms with E-state index < -0.39 is 17.8 Å². The van der Waals surface area contributed by atoms with Crippen molar-refractivity contribution >= 4 is 40.5 Å². The average Bonchev–Trinajstić information content (AvgIpc) is 3.04. The standard InChI is InChI=1S/C21H17N3O3/c1-2-23-13-14(16-10-6-7-11-18(16)23)12-17-19(25)22-21(27)24(20(17)26)15-8-4-3-5-9-15/h3-13H,2H2,1H3,(H,22,25,27)/b17-12+. The second kappa shape index (κ2) is 6.57. The molecule has 27 heavy (non-hydrogen) atoms. The molecular formula is C21H17N3O3. The van der Waals surface area contributed by atoms with Crippen LogP contribution >= 0.6 is 0 Å². The first-order chi connectivity index (χ1) is 13.1. The molecule has 0 bridgehead atoms. The molecule has 1 fully saturated rings. The van der Waals surface area contributed by atoms with Gasteiger partial charge in [-0.1, -0.05) is 36.4 Å². The SMILES string of the molecule is CCn1cc(/C=C2\C(=O)NC(=O)N(c3ccccc3)C2=O)c2ccccc21. The number of benzene rings is 2. The third kappa shape index (κ3) is 2.81. The van der Waals surface area contributed by atoms with Crippen LogP contribution < -0.4 is 10.2 Å². The fraction of sp³-hybridized carbons (Fsp3) is 0.0952. The lowest BCUT2D eigenvalue weighted by molar-refractivity contribution is -0.122. The lowest BCUT2D eigenvalue weighted by Gasteiger charge is -2.26. The number of aromatic nitrogens is 1. The minimum absolute atomic E-state index is 0.0718. The summed E-state index contributed by atoms with van der Waals surface area (Å²) in [6, 6.07) is 15.6. The molecule has 3 aromatic rings. The number of aryl methyl sites for hydroxylation is 1. The van der Waals surface area contributed by atoms with Gasteiger partial charge < -0.3 is 4.57 Å². The predicted molar refractivity (Wildman–Crippen MR) is 103 cm³/mol. The average molecular weight is 359 g/mol. The molecule has 2 heterocycles. The number of carbonyl (C=O) groups excluding carboxylic acids is 3. The second-order valence-corrected chi connectivity index (χ2v) is 6.18. The van der Waals surface area contributed by atoms with E-state index in [9.17, 15) is 14.4 Å². The number of anilines is 1. The molecule has 0 unspecified atom stereocenters. The molecule has 0 spiro atoms. The predicted octanol–water partition coefficient (Wildman–Crippen LogP) is 3.33. The van der Waals surface area contributed by atoms with Crippen LogP contribution in [0.25, 0.3) is 17.0 Å². The first-order valence-corrected chi connectivity index (χ1v) is 8.64. The van der Waals surface area contributed by atoms with E-state index in [0.717, 1.165) is 27.9 Å². The monoisotopic (exact) mass is 359 g/mol. The van der Waals surface area contributed by atoms with Gasteiger partial charge in [-0.25, -0.2) is 9.69 Å². The Hall–Kier alpha value is -3.67. The maximum absolute atomic E-state index is 12.9. The Morgan fingerprint density at radius 2 is 1.67 bits per heavy atom. The van der Waals surface area contributed by atoms with Crippen molar-refractivity contribution in [2.24, 2.45) is 0 Å². The van der Waals surface area contributed by atoms with Crippen LogP contribution in [-0.4, -0.2) is 22.4 Å². The third-order valence-electron chi connectivity index (χ3n) is 4.58. The summed E-state index contributed by atoms with van der Waals surface area (Å²) < 4.78 is 2.05. The van der Waals surface area contributed by atoms with Crippen LogP contribution in [0.3, 0.4) is 0 Å². The minimum atomic E-state index is -0.746.